The van der Waals surface area contributed by atoms with Crippen molar-refractivity contribution in [3.05, 3.63) is 30.1 Å². The van der Waals surface area contributed by atoms with E-state index in [1.807, 2.05) is 12.1 Å². The van der Waals surface area contributed by atoms with Gasteiger partial charge in [-0.15, -0.1) is 0 Å². The van der Waals surface area contributed by atoms with Gasteiger partial charge in [-0.2, -0.15) is 0 Å². The lowest BCUT2D eigenvalue weighted by Gasteiger charge is -2.11. The molecule has 0 aliphatic heterocycles. The van der Waals surface area contributed by atoms with E-state index in [1.165, 1.54) is 7.05 Å². The zero-order chi connectivity index (χ0) is 11.3. The molecular formula is C10H13N3O2. The summed E-state index contributed by atoms with van der Waals surface area (Å²) in [7, 11) is 1.37. The first-order valence-electron chi connectivity index (χ1n) is 4.56. The molecule has 1 aromatic rings. The van der Waals surface area contributed by atoms with E-state index >= 15 is 0 Å². The van der Waals surface area contributed by atoms with Gasteiger partial charge in [0, 0.05) is 25.9 Å². The van der Waals surface area contributed by atoms with Crippen LogP contribution in [0.3, 0.4) is 0 Å². The van der Waals surface area contributed by atoms with E-state index < -0.39 is 6.03 Å². The number of primary amides is 1. The van der Waals surface area contributed by atoms with Crippen LogP contribution in [0.1, 0.15) is 12.0 Å². The summed E-state index contributed by atoms with van der Waals surface area (Å²) in [5.74, 6) is -0.278. The minimum absolute atomic E-state index is 0.267. The number of carbonyl (C=O) groups is 2. The van der Waals surface area contributed by atoms with E-state index in [0.29, 0.717) is 6.42 Å². The van der Waals surface area contributed by atoms with Crippen LogP contribution in [0.2, 0.25) is 0 Å². The molecule has 0 aromatic carbocycles. The lowest BCUT2D eigenvalue weighted by atomic mass is 10.1. The largest absolute Gasteiger partial charge is 0.351 e. The maximum atomic E-state index is 11.4. The number of carbonyl (C=O) groups excluding carboxylic acids is 2. The zero-order valence-electron chi connectivity index (χ0n) is 8.51. The molecular weight excluding hydrogens is 194 g/mol. The zero-order valence-corrected chi connectivity index (χ0v) is 8.51. The highest BCUT2D eigenvalue weighted by Gasteiger charge is 2.12. The fraction of sp³-hybridized carbons (Fsp3) is 0.300. The second kappa shape index (κ2) is 5.09. The normalized spacial score (nSPS) is 9.67. The predicted octanol–water partition coefficient (Wildman–Crippen LogP) is 0.551. The maximum Gasteiger partial charge on any atom is 0.321 e. The average Bonchev–Trinajstić information content (AvgIpc) is 2.26. The molecule has 1 rings (SSSR count). The molecule has 1 aromatic heterocycles. The summed E-state index contributed by atoms with van der Waals surface area (Å²) in [5, 5.41) is 0. The minimum atomic E-state index is -0.727. The van der Waals surface area contributed by atoms with Gasteiger partial charge in [-0.25, -0.2) is 4.79 Å². The number of urea groups is 1. The SMILES string of the molecule is CN(C(N)=O)C(=O)CCc1ccncc1. The lowest BCUT2D eigenvalue weighted by Crippen LogP contribution is -2.37. The van der Waals surface area contributed by atoms with Crippen LogP contribution in [-0.4, -0.2) is 28.9 Å². The number of pyridine rings is 1. The number of imide groups is 1. The van der Waals surface area contributed by atoms with Gasteiger partial charge in [-0.3, -0.25) is 14.7 Å². The Labute approximate surface area is 87.9 Å². The van der Waals surface area contributed by atoms with Gasteiger partial charge in [0.2, 0.25) is 5.91 Å². The minimum Gasteiger partial charge on any atom is -0.351 e. The van der Waals surface area contributed by atoms with Gasteiger partial charge in [-0.05, 0) is 24.1 Å². The van der Waals surface area contributed by atoms with Crippen molar-refractivity contribution in [2.75, 3.05) is 7.05 Å². The number of hydrogen-bond acceptors (Lipinski definition) is 3. The molecule has 0 aliphatic rings. The highest BCUT2D eigenvalue weighted by Crippen LogP contribution is 2.02. The van der Waals surface area contributed by atoms with Crippen molar-refractivity contribution in [3.63, 3.8) is 0 Å². The Hall–Kier alpha value is -1.91. The standard InChI is InChI=1S/C10H13N3O2/c1-13(10(11)15)9(14)3-2-8-4-6-12-7-5-8/h4-7H,2-3H2,1H3,(H2,11,15). The van der Waals surface area contributed by atoms with Crippen molar-refractivity contribution < 1.29 is 9.59 Å². The second-order valence-electron chi connectivity index (χ2n) is 3.15. The monoisotopic (exact) mass is 207 g/mol. The van der Waals surface area contributed by atoms with Crippen molar-refractivity contribution in [2.45, 2.75) is 12.8 Å². The molecule has 0 saturated carbocycles. The third kappa shape index (κ3) is 3.38. The number of hydrogen-bond donors (Lipinski definition) is 1. The molecule has 0 saturated heterocycles. The number of nitrogens with zero attached hydrogens (tertiary/aromatic N) is 2. The number of aromatic nitrogens is 1. The maximum absolute atomic E-state index is 11.4. The highest BCUT2D eigenvalue weighted by molar-refractivity contribution is 5.93. The quantitative estimate of drug-likeness (QED) is 0.786. The van der Waals surface area contributed by atoms with Crippen LogP contribution in [0.4, 0.5) is 4.79 Å². The van der Waals surface area contributed by atoms with Crippen LogP contribution in [0.15, 0.2) is 24.5 Å². The average molecular weight is 207 g/mol. The summed E-state index contributed by atoms with van der Waals surface area (Å²) in [6, 6.07) is 2.93. The van der Waals surface area contributed by atoms with Crippen molar-refractivity contribution in [1.29, 1.82) is 0 Å². The summed E-state index contributed by atoms with van der Waals surface area (Å²) in [6.07, 6.45) is 4.18. The summed E-state index contributed by atoms with van der Waals surface area (Å²) >= 11 is 0. The Balaban J connectivity index is 2.44. The number of amides is 3. The number of rotatable bonds is 3. The van der Waals surface area contributed by atoms with Gasteiger partial charge in [0.25, 0.3) is 0 Å². The van der Waals surface area contributed by atoms with Gasteiger partial charge in [-0.1, -0.05) is 0 Å². The molecule has 0 spiro atoms. The fourth-order valence-electron chi connectivity index (χ4n) is 1.09. The molecule has 1 heterocycles. The van der Waals surface area contributed by atoms with E-state index in [0.717, 1.165) is 10.5 Å². The molecule has 5 nitrogen and oxygen atoms in total. The lowest BCUT2D eigenvalue weighted by molar-refractivity contribution is -0.127. The summed E-state index contributed by atoms with van der Waals surface area (Å²) in [4.78, 5) is 26.8. The topological polar surface area (TPSA) is 76.3 Å². The van der Waals surface area contributed by atoms with Crippen LogP contribution in [0.25, 0.3) is 0 Å². The molecule has 0 atom stereocenters. The fourth-order valence-corrected chi connectivity index (χ4v) is 1.09. The third-order valence-corrected chi connectivity index (χ3v) is 2.08. The Morgan fingerprint density at radius 1 is 1.40 bits per heavy atom. The van der Waals surface area contributed by atoms with Crippen LogP contribution in [0.5, 0.6) is 0 Å². The first kappa shape index (κ1) is 11.2. The van der Waals surface area contributed by atoms with Crippen molar-refractivity contribution >= 4 is 11.9 Å². The molecule has 0 radical (unpaired) electrons. The smallest absolute Gasteiger partial charge is 0.321 e. The van der Waals surface area contributed by atoms with Crippen LogP contribution >= 0.6 is 0 Å². The Bertz CT molecular complexity index is 351. The molecule has 5 heteroatoms. The van der Waals surface area contributed by atoms with Crippen LogP contribution < -0.4 is 5.73 Å². The van der Waals surface area contributed by atoms with E-state index in [1.54, 1.807) is 12.4 Å². The van der Waals surface area contributed by atoms with Crippen LogP contribution in [0, 0.1) is 0 Å². The molecule has 3 amide bonds. The van der Waals surface area contributed by atoms with E-state index in [2.05, 4.69) is 4.98 Å². The van der Waals surface area contributed by atoms with Crippen LogP contribution in [-0.2, 0) is 11.2 Å². The first-order valence-corrected chi connectivity index (χ1v) is 4.56. The summed E-state index contributed by atoms with van der Waals surface area (Å²) in [5.41, 5.74) is 5.97. The van der Waals surface area contributed by atoms with E-state index in [9.17, 15) is 9.59 Å². The highest BCUT2D eigenvalue weighted by atomic mass is 16.2. The van der Waals surface area contributed by atoms with Crippen molar-refractivity contribution in [2.24, 2.45) is 5.73 Å². The van der Waals surface area contributed by atoms with Crippen molar-refractivity contribution in [1.82, 2.24) is 9.88 Å². The number of aryl methyl sites for hydroxylation is 1. The second-order valence-corrected chi connectivity index (χ2v) is 3.15. The predicted molar refractivity (Wildman–Crippen MR) is 54.9 cm³/mol. The van der Waals surface area contributed by atoms with Gasteiger partial charge >= 0.3 is 6.03 Å². The van der Waals surface area contributed by atoms with Gasteiger partial charge < -0.3 is 5.73 Å². The molecule has 15 heavy (non-hydrogen) atoms. The van der Waals surface area contributed by atoms with Gasteiger partial charge in [0.05, 0.1) is 0 Å². The van der Waals surface area contributed by atoms with E-state index in [-0.39, 0.29) is 12.3 Å². The molecule has 2 N–H and O–H groups in total. The molecule has 0 fully saturated rings. The van der Waals surface area contributed by atoms with Crippen molar-refractivity contribution in [3.8, 4) is 0 Å². The first-order chi connectivity index (χ1) is 7.11. The van der Waals surface area contributed by atoms with Gasteiger partial charge in [0.15, 0.2) is 0 Å². The summed E-state index contributed by atoms with van der Waals surface area (Å²) in [6.45, 7) is 0. The number of nitrogens with two attached hydrogens (primary N) is 1. The Morgan fingerprint density at radius 3 is 2.53 bits per heavy atom. The molecule has 0 unspecified atom stereocenters. The molecule has 80 valence electrons. The molecule has 0 aliphatic carbocycles. The Kier molecular flexibility index (Phi) is 3.79. The molecule has 0 bridgehead atoms. The van der Waals surface area contributed by atoms with E-state index in [4.69, 9.17) is 5.73 Å². The van der Waals surface area contributed by atoms with Gasteiger partial charge in [0.1, 0.15) is 0 Å². The Morgan fingerprint density at radius 2 is 2.00 bits per heavy atom. The third-order valence-electron chi connectivity index (χ3n) is 2.08. The summed E-state index contributed by atoms with van der Waals surface area (Å²) < 4.78 is 0.